The number of carbonyl (C=O) groups is 3. The molecule has 29 heavy (non-hydrogen) atoms. The first-order chi connectivity index (χ1) is 13.8. The fraction of sp³-hybridized carbons (Fsp3) is 0.250. The van der Waals surface area contributed by atoms with Gasteiger partial charge in [-0.1, -0.05) is 18.2 Å². The summed E-state index contributed by atoms with van der Waals surface area (Å²) in [6.45, 7) is -1.50. The van der Waals surface area contributed by atoms with Crippen molar-refractivity contribution in [3.05, 3.63) is 59.2 Å². The number of rotatable bonds is 7. The number of amides is 3. The predicted molar refractivity (Wildman–Crippen MR) is 97.9 cm³/mol. The SMILES string of the molecule is COc1cc(CNC(=O)C(C)N2C(=O)c3ccccc3C2=O)ccc1OC(F)F. The number of nitrogens with zero attached hydrogens (tertiary/aromatic N) is 1. The first-order valence-electron chi connectivity index (χ1n) is 8.69. The van der Waals surface area contributed by atoms with Crippen LogP contribution in [0.3, 0.4) is 0 Å². The molecule has 9 heteroatoms. The number of imide groups is 1. The maximum absolute atomic E-state index is 12.5. The summed E-state index contributed by atoms with van der Waals surface area (Å²) in [7, 11) is 1.31. The maximum Gasteiger partial charge on any atom is 0.387 e. The number of methoxy groups -OCH3 is 1. The minimum atomic E-state index is -2.99. The van der Waals surface area contributed by atoms with Gasteiger partial charge in [-0.3, -0.25) is 19.3 Å². The van der Waals surface area contributed by atoms with Crippen molar-refractivity contribution < 1.29 is 32.6 Å². The van der Waals surface area contributed by atoms with Crippen LogP contribution in [-0.4, -0.2) is 42.4 Å². The monoisotopic (exact) mass is 404 g/mol. The van der Waals surface area contributed by atoms with Gasteiger partial charge in [0.15, 0.2) is 11.5 Å². The molecule has 0 bridgehead atoms. The van der Waals surface area contributed by atoms with Crippen LogP contribution in [0.1, 0.15) is 33.2 Å². The van der Waals surface area contributed by atoms with E-state index in [1.165, 1.54) is 44.4 Å². The Morgan fingerprint density at radius 2 is 1.69 bits per heavy atom. The van der Waals surface area contributed by atoms with Crippen molar-refractivity contribution in [3.63, 3.8) is 0 Å². The highest BCUT2D eigenvalue weighted by Gasteiger charge is 2.40. The summed E-state index contributed by atoms with van der Waals surface area (Å²) in [6.07, 6.45) is 0. The standard InChI is InChI=1S/C20H18F2N2O5/c1-11(24-18(26)13-5-3-4-6-14(13)19(24)27)17(25)23-10-12-7-8-15(29-20(21)22)16(9-12)28-2/h3-9,11,20H,10H2,1-2H3,(H,23,25). The van der Waals surface area contributed by atoms with E-state index < -0.39 is 30.4 Å². The van der Waals surface area contributed by atoms with E-state index in [1.807, 2.05) is 0 Å². The third-order valence-electron chi connectivity index (χ3n) is 4.50. The van der Waals surface area contributed by atoms with Crippen LogP contribution in [0.15, 0.2) is 42.5 Å². The first-order valence-corrected chi connectivity index (χ1v) is 8.69. The van der Waals surface area contributed by atoms with Gasteiger partial charge in [-0.05, 0) is 36.8 Å². The van der Waals surface area contributed by atoms with E-state index >= 15 is 0 Å². The molecule has 0 saturated carbocycles. The van der Waals surface area contributed by atoms with E-state index in [9.17, 15) is 23.2 Å². The van der Waals surface area contributed by atoms with Crippen LogP contribution in [0.4, 0.5) is 8.78 Å². The van der Waals surface area contributed by atoms with Gasteiger partial charge in [0, 0.05) is 6.54 Å². The van der Waals surface area contributed by atoms with Gasteiger partial charge in [0.25, 0.3) is 11.8 Å². The molecule has 0 fully saturated rings. The molecule has 152 valence electrons. The van der Waals surface area contributed by atoms with E-state index in [2.05, 4.69) is 10.1 Å². The number of benzene rings is 2. The van der Waals surface area contributed by atoms with Crippen molar-refractivity contribution in [1.82, 2.24) is 10.2 Å². The summed E-state index contributed by atoms with van der Waals surface area (Å²) in [6, 6.07) is 9.59. The predicted octanol–water partition coefficient (Wildman–Crippen LogP) is 2.60. The Bertz CT molecular complexity index is 929. The average Bonchev–Trinajstić information content (AvgIpc) is 2.96. The van der Waals surface area contributed by atoms with E-state index in [0.717, 1.165) is 4.90 Å². The molecule has 1 N–H and O–H groups in total. The van der Waals surface area contributed by atoms with E-state index in [1.54, 1.807) is 12.1 Å². The second-order valence-corrected chi connectivity index (χ2v) is 6.28. The number of carbonyl (C=O) groups excluding carboxylic acids is 3. The molecule has 3 rings (SSSR count). The zero-order chi connectivity index (χ0) is 21.1. The smallest absolute Gasteiger partial charge is 0.387 e. The molecule has 1 unspecified atom stereocenters. The molecule has 1 aliphatic rings. The molecular formula is C20H18F2N2O5. The molecule has 1 heterocycles. The van der Waals surface area contributed by atoms with Crippen LogP contribution < -0.4 is 14.8 Å². The molecule has 1 atom stereocenters. The summed E-state index contributed by atoms with van der Waals surface area (Å²) in [5, 5.41) is 2.63. The van der Waals surface area contributed by atoms with E-state index in [0.29, 0.717) is 5.56 Å². The minimum absolute atomic E-state index is 0.0393. The molecule has 2 aromatic carbocycles. The Morgan fingerprint density at radius 3 is 2.24 bits per heavy atom. The number of alkyl halides is 2. The van der Waals surface area contributed by atoms with Crippen LogP contribution in [-0.2, 0) is 11.3 Å². The number of halogens is 2. The van der Waals surface area contributed by atoms with Crippen molar-refractivity contribution in [1.29, 1.82) is 0 Å². The number of fused-ring (bicyclic) bond motifs is 1. The van der Waals surface area contributed by atoms with Crippen molar-refractivity contribution >= 4 is 17.7 Å². The Kier molecular flexibility index (Phi) is 5.76. The Balaban J connectivity index is 1.67. The normalized spacial score (nSPS) is 14.0. The summed E-state index contributed by atoms with van der Waals surface area (Å²) in [5.41, 5.74) is 1.08. The summed E-state index contributed by atoms with van der Waals surface area (Å²) in [4.78, 5) is 38.4. The van der Waals surface area contributed by atoms with Gasteiger partial charge in [0.2, 0.25) is 5.91 Å². The first kappa shape index (κ1) is 20.2. The maximum atomic E-state index is 12.5. The van der Waals surface area contributed by atoms with Gasteiger partial charge in [0.05, 0.1) is 18.2 Å². The van der Waals surface area contributed by atoms with Crippen LogP contribution in [0.25, 0.3) is 0 Å². The Morgan fingerprint density at radius 1 is 1.07 bits per heavy atom. The molecular weight excluding hydrogens is 386 g/mol. The van der Waals surface area contributed by atoms with Crippen molar-refractivity contribution in [2.24, 2.45) is 0 Å². The summed E-state index contributed by atoms with van der Waals surface area (Å²) < 4.78 is 34.2. The molecule has 3 amide bonds. The van der Waals surface area contributed by atoms with Crippen LogP contribution in [0, 0.1) is 0 Å². The molecule has 0 saturated heterocycles. The summed E-state index contributed by atoms with van der Waals surface area (Å²) in [5.74, 6) is -1.62. The fourth-order valence-electron chi connectivity index (χ4n) is 3.03. The van der Waals surface area contributed by atoms with E-state index in [-0.39, 0.29) is 29.2 Å². The van der Waals surface area contributed by atoms with Gasteiger partial charge in [-0.25, -0.2) is 0 Å². The largest absolute Gasteiger partial charge is 0.493 e. The van der Waals surface area contributed by atoms with E-state index in [4.69, 9.17) is 4.74 Å². The highest BCUT2D eigenvalue weighted by molar-refractivity contribution is 6.22. The van der Waals surface area contributed by atoms with Gasteiger partial charge in [-0.15, -0.1) is 0 Å². The Hall–Kier alpha value is -3.49. The molecule has 7 nitrogen and oxygen atoms in total. The molecule has 0 spiro atoms. The zero-order valence-electron chi connectivity index (χ0n) is 15.6. The number of hydrogen-bond acceptors (Lipinski definition) is 5. The lowest BCUT2D eigenvalue weighted by Crippen LogP contribution is -2.47. The number of nitrogens with one attached hydrogen (secondary N) is 1. The second-order valence-electron chi connectivity index (χ2n) is 6.28. The van der Waals surface area contributed by atoms with Gasteiger partial charge >= 0.3 is 6.61 Å². The van der Waals surface area contributed by atoms with Gasteiger partial charge < -0.3 is 14.8 Å². The molecule has 0 aliphatic carbocycles. The topological polar surface area (TPSA) is 84.9 Å². The van der Waals surface area contributed by atoms with Crippen LogP contribution in [0.5, 0.6) is 11.5 Å². The lowest BCUT2D eigenvalue weighted by atomic mass is 10.1. The second kappa shape index (κ2) is 8.26. The van der Waals surface area contributed by atoms with Gasteiger partial charge in [-0.2, -0.15) is 8.78 Å². The lowest BCUT2D eigenvalue weighted by molar-refractivity contribution is -0.124. The number of hydrogen-bond donors (Lipinski definition) is 1. The third kappa shape index (κ3) is 4.03. The van der Waals surface area contributed by atoms with Crippen molar-refractivity contribution in [2.45, 2.75) is 26.1 Å². The average molecular weight is 404 g/mol. The zero-order valence-corrected chi connectivity index (χ0v) is 15.6. The van der Waals surface area contributed by atoms with Crippen molar-refractivity contribution in [3.8, 4) is 11.5 Å². The molecule has 0 radical (unpaired) electrons. The van der Waals surface area contributed by atoms with Crippen LogP contribution >= 0.6 is 0 Å². The highest BCUT2D eigenvalue weighted by Crippen LogP contribution is 2.29. The highest BCUT2D eigenvalue weighted by atomic mass is 19.3. The quantitative estimate of drug-likeness (QED) is 0.717. The Labute approximate surface area is 165 Å². The van der Waals surface area contributed by atoms with Gasteiger partial charge in [0.1, 0.15) is 6.04 Å². The molecule has 0 aromatic heterocycles. The van der Waals surface area contributed by atoms with Crippen LogP contribution in [0.2, 0.25) is 0 Å². The molecule has 1 aliphatic heterocycles. The lowest BCUT2D eigenvalue weighted by Gasteiger charge is -2.21. The minimum Gasteiger partial charge on any atom is -0.493 e. The van der Waals surface area contributed by atoms with Crippen molar-refractivity contribution in [2.75, 3.05) is 7.11 Å². The number of ether oxygens (including phenoxy) is 2. The summed E-state index contributed by atoms with van der Waals surface area (Å²) >= 11 is 0. The molecule has 2 aromatic rings. The fourth-order valence-corrected chi connectivity index (χ4v) is 3.03. The third-order valence-corrected chi connectivity index (χ3v) is 4.50.